The second-order valence-corrected chi connectivity index (χ2v) is 2.79. The molecular formula is C10H10N2O3. The highest BCUT2D eigenvalue weighted by molar-refractivity contribution is 6.33. The van der Waals surface area contributed by atoms with Gasteiger partial charge in [0, 0.05) is 6.92 Å². The van der Waals surface area contributed by atoms with E-state index in [0.717, 1.165) is 12.5 Å². The summed E-state index contributed by atoms with van der Waals surface area (Å²) in [5.74, 6) is 3.75. The maximum Gasteiger partial charge on any atom is 0.379 e. The molecule has 0 atom stereocenters. The van der Waals surface area contributed by atoms with Crippen LogP contribution in [0.1, 0.15) is 12.5 Å². The summed E-state index contributed by atoms with van der Waals surface area (Å²) < 4.78 is 4.74. The van der Waals surface area contributed by atoms with Gasteiger partial charge in [-0.1, -0.05) is 0 Å². The van der Waals surface area contributed by atoms with Crippen LogP contribution in [0, 0.1) is 0 Å². The largest absolute Gasteiger partial charge is 0.421 e. The molecule has 1 aromatic carbocycles. The monoisotopic (exact) mass is 206 g/mol. The Bertz CT molecular complexity index is 396. The molecule has 0 saturated heterocycles. The Morgan fingerprint density at radius 2 is 1.93 bits per heavy atom. The van der Waals surface area contributed by atoms with Gasteiger partial charge in [0.25, 0.3) is 0 Å². The molecule has 1 aromatic rings. The van der Waals surface area contributed by atoms with E-state index in [9.17, 15) is 9.59 Å². The number of benzene rings is 1. The second-order valence-electron chi connectivity index (χ2n) is 2.79. The fraction of sp³-hybridized carbons (Fsp3) is 0.100. The van der Waals surface area contributed by atoms with Gasteiger partial charge in [0.15, 0.2) is 0 Å². The summed E-state index contributed by atoms with van der Waals surface area (Å²) in [5.41, 5.74) is 0.778. The highest BCUT2D eigenvalue weighted by Crippen LogP contribution is 2.11. The van der Waals surface area contributed by atoms with Crippen molar-refractivity contribution in [2.45, 2.75) is 6.92 Å². The highest BCUT2D eigenvalue weighted by atomic mass is 16.5. The summed E-state index contributed by atoms with van der Waals surface area (Å²) in [6, 6.07) is 6.44. The highest BCUT2D eigenvalue weighted by Gasteiger charge is 2.09. The van der Waals surface area contributed by atoms with Gasteiger partial charge in [-0.2, -0.15) is 5.10 Å². The number of hydrazone groups is 1. The van der Waals surface area contributed by atoms with Gasteiger partial charge in [-0.25, -0.2) is 4.79 Å². The number of nitrogens with two attached hydrogens (primary N) is 1. The normalized spacial score (nSPS) is 10.2. The van der Waals surface area contributed by atoms with Gasteiger partial charge in [0.2, 0.25) is 5.78 Å². The summed E-state index contributed by atoms with van der Waals surface area (Å²) in [7, 11) is 0. The maximum absolute atomic E-state index is 10.9. The molecule has 0 radical (unpaired) electrons. The number of hydrogen-bond donors (Lipinski definition) is 1. The molecule has 15 heavy (non-hydrogen) atoms. The van der Waals surface area contributed by atoms with Crippen molar-refractivity contribution >= 4 is 18.0 Å². The minimum absolute atomic E-state index is 0.310. The third-order valence-corrected chi connectivity index (χ3v) is 1.60. The van der Waals surface area contributed by atoms with E-state index >= 15 is 0 Å². The third-order valence-electron chi connectivity index (χ3n) is 1.60. The van der Waals surface area contributed by atoms with Crippen LogP contribution < -0.4 is 10.6 Å². The zero-order valence-corrected chi connectivity index (χ0v) is 8.14. The van der Waals surface area contributed by atoms with Crippen LogP contribution in [0.5, 0.6) is 5.75 Å². The lowest BCUT2D eigenvalue weighted by Gasteiger charge is -2.01. The Morgan fingerprint density at radius 3 is 2.40 bits per heavy atom. The molecule has 0 bridgehead atoms. The molecule has 0 saturated carbocycles. The third kappa shape index (κ3) is 3.22. The van der Waals surface area contributed by atoms with Crippen molar-refractivity contribution in [3.8, 4) is 5.75 Å². The second kappa shape index (κ2) is 4.90. The van der Waals surface area contributed by atoms with Gasteiger partial charge < -0.3 is 10.6 Å². The number of carbonyl (C=O) groups excluding carboxylic acids is 2. The molecule has 0 aliphatic rings. The first kappa shape index (κ1) is 10.9. The molecule has 1 rings (SSSR count). The van der Waals surface area contributed by atoms with Crippen molar-refractivity contribution < 1.29 is 14.3 Å². The molecule has 0 unspecified atom stereocenters. The lowest BCUT2D eigenvalue weighted by atomic mass is 10.2. The first-order valence-electron chi connectivity index (χ1n) is 4.19. The molecule has 5 nitrogen and oxygen atoms in total. The van der Waals surface area contributed by atoms with Crippen LogP contribution in [0.15, 0.2) is 29.4 Å². The van der Waals surface area contributed by atoms with E-state index in [4.69, 9.17) is 10.6 Å². The number of ether oxygens (including phenoxy) is 1. The van der Waals surface area contributed by atoms with Crippen molar-refractivity contribution in [1.29, 1.82) is 0 Å². The first-order valence-corrected chi connectivity index (χ1v) is 4.19. The fourth-order valence-corrected chi connectivity index (χ4v) is 0.887. The Kier molecular flexibility index (Phi) is 3.56. The van der Waals surface area contributed by atoms with Gasteiger partial charge in [-0.05, 0) is 29.8 Å². The molecule has 0 heterocycles. The van der Waals surface area contributed by atoms with Crippen LogP contribution in [0.4, 0.5) is 0 Å². The van der Waals surface area contributed by atoms with Crippen molar-refractivity contribution in [1.82, 2.24) is 0 Å². The molecule has 2 N–H and O–H groups in total. The fourth-order valence-electron chi connectivity index (χ4n) is 0.887. The summed E-state index contributed by atoms with van der Waals surface area (Å²) in [4.78, 5) is 21.5. The number of carbonyl (C=O) groups is 2. The van der Waals surface area contributed by atoms with Crippen LogP contribution in [0.2, 0.25) is 0 Å². The van der Waals surface area contributed by atoms with E-state index in [-0.39, 0.29) is 0 Å². The zero-order valence-electron chi connectivity index (χ0n) is 8.14. The number of hydrogen-bond acceptors (Lipinski definition) is 5. The number of esters is 1. The van der Waals surface area contributed by atoms with Gasteiger partial charge in [-0.15, -0.1) is 0 Å². The van der Waals surface area contributed by atoms with E-state index in [0.29, 0.717) is 5.75 Å². The van der Waals surface area contributed by atoms with E-state index in [1.54, 1.807) is 24.3 Å². The quantitative estimate of drug-likeness (QED) is 0.195. The van der Waals surface area contributed by atoms with Gasteiger partial charge >= 0.3 is 5.97 Å². The van der Waals surface area contributed by atoms with Crippen LogP contribution in [-0.4, -0.2) is 18.0 Å². The Morgan fingerprint density at radius 1 is 1.33 bits per heavy atom. The van der Waals surface area contributed by atoms with Gasteiger partial charge in [0.1, 0.15) is 5.75 Å². The lowest BCUT2D eigenvalue weighted by Crippen LogP contribution is -2.16. The summed E-state index contributed by atoms with van der Waals surface area (Å²) in [6.45, 7) is 1.15. The lowest BCUT2D eigenvalue weighted by molar-refractivity contribution is -0.146. The molecule has 0 amide bonds. The number of nitrogens with zero attached hydrogens (tertiary/aromatic N) is 1. The maximum atomic E-state index is 10.9. The topological polar surface area (TPSA) is 81.8 Å². The van der Waals surface area contributed by atoms with Crippen LogP contribution in [0.3, 0.4) is 0 Å². The molecule has 0 fully saturated rings. The smallest absolute Gasteiger partial charge is 0.379 e. The van der Waals surface area contributed by atoms with E-state index in [1.807, 2.05) is 0 Å². The standard InChI is InChI=1S/C10H10N2O3/c1-7(13)10(14)15-9-4-2-8(3-5-9)6-12-11/h2-6H,11H2,1H3. The summed E-state index contributed by atoms with van der Waals surface area (Å²) in [6.07, 6.45) is 1.45. The van der Waals surface area contributed by atoms with E-state index < -0.39 is 11.8 Å². The molecule has 0 aromatic heterocycles. The zero-order chi connectivity index (χ0) is 11.3. The van der Waals surface area contributed by atoms with E-state index in [2.05, 4.69) is 5.10 Å². The molecule has 5 heteroatoms. The average Bonchev–Trinajstić information content (AvgIpc) is 2.21. The molecular weight excluding hydrogens is 196 g/mol. The Hall–Kier alpha value is -2.17. The van der Waals surface area contributed by atoms with Crippen molar-refractivity contribution in [3.63, 3.8) is 0 Å². The van der Waals surface area contributed by atoms with Crippen molar-refractivity contribution in [3.05, 3.63) is 29.8 Å². The average molecular weight is 206 g/mol. The summed E-state index contributed by atoms with van der Waals surface area (Å²) in [5, 5.41) is 3.34. The predicted molar refractivity (Wildman–Crippen MR) is 54.5 cm³/mol. The van der Waals surface area contributed by atoms with E-state index in [1.165, 1.54) is 6.21 Å². The van der Waals surface area contributed by atoms with Crippen LogP contribution in [-0.2, 0) is 9.59 Å². The summed E-state index contributed by atoms with van der Waals surface area (Å²) >= 11 is 0. The minimum Gasteiger partial charge on any atom is -0.421 e. The predicted octanol–water partition coefficient (Wildman–Crippen LogP) is 0.474. The minimum atomic E-state index is -0.879. The van der Waals surface area contributed by atoms with Crippen LogP contribution >= 0.6 is 0 Å². The van der Waals surface area contributed by atoms with Gasteiger partial charge in [0.05, 0.1) is 6.21 Å². The number of Topliss-reactive ketones (excluding diaryl/α,β-unsaturated/α-hetero) is 1. The van der Waals surface area contributed by atoms with Crippen molar-refractivity contribution in [2.24, 2.45) is 10.9 Å². The Balaban J connectivity index is 2.72. The van der Waals surface area contributed by atoms with Crippen LogP contribution in [0.25, 0.3) is 0 Å². The number of rotatable bonds is 3. The van der Waals surface area contributed by atoms with Gasteiger partial charge in [-0.3, -0.25) is 4.79 Å². The first-order chi connectivity index (χ1) is 7.13. The molecule has 0 aliphatic heterocycles. The molecule has 78 valence electrons. The van der Waals surface area contributed by atoms with Crippen molar-refractivity contribution in [2.75, 3.05) is 0 Å². The Labute approximate surface area is 86.5 Å². The number of ketones is 1. The SMILES string of the molecule is CC(=O)C(=O)Oc1ccc(C=NN)cc1. The molecule has 0 spiro atoms. The molecule has 0 aliphatic carbocycles.